The molecular weight excluding hydrogens is 656 g/mol. The molecule has 0 unspecified atom stereocenters. The molecule has 0 radical (unpaired) electrons. The van der Waals surface area contributed by atoms with Crippen LogP contribution in [-0.4, -0.2) is 0 Å². The Labute approximate surface area is 274 Å². The van der Waals surface area contributed by atoms with E-state index in [4.69, 9.17) is 0 Å². The molecule has 0 bridgehead atoms. The monoisotopic (exact) mass is 716 g/mol. The van der Waals surface area contributed by atoms with Crippen molar-refractivity contribution < 1.29 is 0 Å². The van der Waals surface area contributed by atoms with E-state index in [0.717, 1.165) is 0 Å². The molecule has 0 aliphatic heterocycles. The molecule has 4 heteroatoms. The minimum atomic E-state index is 1.24. The summed E-state index contributed by atoms with van der Waals surface area (Å²) in [6, 6.07) is 0. The van der Waals surface area contributed by atoms with Gasteiger partial charge < -0.3 is 0 Å². The minimum Gasteiger partial charge on any atom is -0.127 e. The van der Waals surface area contributed by atoms with Gasteiger partial charge in [-0.2, -0.15) is 0 Å². The highest BCUT2D eigenvalue weighted by atomic mass is 79.9. The Kier molecular flexibility index (Phi) is 23.0. The van der Waals surface area contributed by atoms with Gasteiger partial charge in [-0.3, -0.25) is 0 Å². The summed E-state index contributed by atoms with van der Waals surface area (Å²) < 4.78 is 5.92. The summed E-state index contributed by atoms with van der Waals surface area (Å²) in [6.07, 6.45) is 39.6. The van der Waals surface area contributed by atoms with Gasteiger partial charge in [-0.05, 0) is 68.7 Å². The Morgan fingerprint density at radius 3 is 0.825 bits per heavy atom. The fraction of sp³-hybridized carbons (Fsp3) is 0.833. The summed E-state index contributed by atoms with van der Waals surface area (Å²) >= 11 is 11.9. The standard InChI is InChI=1S/C36H62Br2S2/c1-3-5-7-9-11-13-15-17-19-21-23-25-27-29-31-33-34(40-35(31)37)32(36(38)39-33)30-28-26-24-22-20-18-16-14-12-10-8-6-4-2/h3-30H2,1-2H3. The van der Waals surface area contributed by atoms with Crippen LogP contribution in [0.4, 0.5) is 0 Å². The van der Waals surface area contributed by atoms with Crippen molar-refractivity contribution in [3.8, 4) is 0 Å². The molecular formula is C36H62Br2S2. The van der Waals surface area contributed by atoms with Crippen molar-refractivity contribution in [2.45, 2.75) is 194 Å². The topological polar surface area (TPSA) is 0 Å². The molecule has 0 saturated carbocycles. The average molecular weight is 719 g/mol. The highest BCUT2D eigenvalue weighted by Crippen LogP contribution is 2.46. The van der Waals surface area contributed by atoms with Crippen LogP contribution >= 0.6 is 54.5 Å². The molecule has 0 amide bonds. The molecule has 0 aliphatic carbocycles. The second kappa shape index (κ2) is 25.0. The number of hydrogen-bond donors (Lipinski definition) is 0. The summed E-state index contributed by atoms with van der Waals surface area (Å²) in [6.45, 7) is 4.61. The Morgan fingerprint density at radius 1 is 0.350 bits per heavy atom. The molecule has 0 atom stereocenters. The first-order valence-corrected chi connectivity index (χ1v) is 20.8. The van der Waals surface area contributed by atoms with Crippen LogP contribution in [0.2, 0.25) is 0 Å². The van der Waals surface area contributed by atoms with E-state index < -0.39 is 0 Å². The largest absolute Gasteiger partial charge is 0.127 e. The summed E-state index contributed by atoms with van der Waals surface area (Å²) in [7, 11) is 0. The van der Waals surface area contributed by atoms with Crippen molar-refractivity contribution in [3.63, 3.8) is 0 Å². The van der Waals surface area contributed by atoms with Gasteiger partial charge >= 0.3 is 0 Å². The summed E-state index contributed by atoms with van der Waals surface area (Å²) in [5.41, 5.74) is 3.18. The van der Waals surface area contributed by atoms with Crippen molar-refractivity contribution in [1.82, 2.24) is 0 Å². The molecule has 2 aromatic heterocycles. The van der Waals surface area contributed by atoms with Crippen molar-refractivity contribution in [3.05, 3.63) is 18.7 Å². The number of thiophene rings is 2. The molecule has 0 fully saturated rings. The average Bonchev–Trinajstić information content (AvgIpc) is 3.41. The van der Waals surface area contributed by atoms with Crippen molar-refractivity contribution in [1.29, 1.82) is 0 Å². The van der Waals surface area contributed by atoms with E-state index in [2.05, 4.69) is 45.7 Å². The highest BCUT2D eigenvalue weighted by Gasteiger charge is 2.18. The van der Waals surface area contributed by atoms with Crippen LogP contribution in [0.3, 0.4) is 0 Å². The maximum atomic E-state index is 3.94. The Balaban J connectivity index is 1.53. The maximum absolute atomic E-state index is 3.94. The van der Waals surface area contributed by atoms with Crippen LogP contribution in [0.25, 0.3) is 9.40 Å². The van der Waals surface area contributed by atoms with Crippen molar-refractivity contribution in [2.75, 3.05) is 0 Å². The van der Waals surface area contributed by atoms with Crippen molar-refractivity contribution in [2.24, 2.45) is 0 Å². The van der Waals surface area contributed by atoms with Gasteiger partial charge in [0.2, 0.25) is 0 Å². The molecule has 2 rings (SSSR count). The van der Waals surface area contributed by atoms with Crippen LogP contribution in [0, 0.1) is 0 Å². The predicted molar refractivity (Wildman–Crippen MR) is 194 cm³/mol. The van der Waals surface area contributed by atoms with Gasteiger partial charge in [0.05, 0.1) is 17.0 Å². The van der Waals surface area contributed by atoms with Gasteiger partial charge in [-0.1, -0.05) is 168 Å². The Hall–Kier alpha value is 0.620. The Morgan fingerprint density at radius 2 is 0.575 bits per heavy atom. The lowest BCUT2D eigenvalue weighted by atomic mass is 10.0. The van der Waals surface area contributed by atoms with E-state index >= 15 is 0 Å². The third kappa shape index (κ3) is 15.9. The zero-order chi connectivity index (χ0) is 28.7. The van der Waals surface area contributed by atoms with Crippen molar-refractivity contribution >= 4 is 63.9 Å². The first-order valence-electron chi connectivity index (χ1n) is 17.6. The third-order valence-electron chi connectivity index (χ3n) is 8.67. The van der Waals surface area contributed by atoms with Crippen LogP contribution in [0.15, 0.2) is 7.57 Å². The van der Waals surface area contributed by atoms with E-state index in [0.29, 0.717) is 0 Å². The summed E-state index contributed by atoms with van der Waals surface area (Å²) in [5, 5.41) is 0. The van der Waals surface area contributed by atoms with Gasteiger partial charge in [0.25, 0.3) is 0 Å². The van der Waals surface area contributed by atoms with Gasteiger partial charge in [0.1, 0.15) is 0 Å². The first kappa shape index (κ1) is 36.8. The molecule has 0 saturated heterocycles. The number of fused-ring (bicyclic) bond motifs is 1. The molecule has 0 spiro atoms. The summed E-state index contributed by atoms with van der Waals surface area (Å²) in [4.78, 5) is 0. The maximum Gasteiger partial charge on any atom is 0.0751 e. The molecule has 0 N–H and O–H groups in total. The predicted octanol–water partition coefficient (Wildman–Crippen LogP) is 15.8. The van der Waals surface area contributed by atoms with Crippen LogP contribution < -0.4 is 0 Å². The lowest BCUT2D eigenvalue weighted by molar-refractivity contribution is 0.539. The van der Waals surface area contributed by atoms with Gasteiger partial charge in [0, 0.05) is 0 Å². The van der Waals surface area contributed by atoms with Gasteiger partial charge in [-0.25, -0.2) is 0 Å². The van der Waals surface area contributed by atoms with Gasteiger partial charge in [0.15, 0.2) is 0 Å². The molecule has 2 heterocycles. The first-order chi connectivity index (χ1) is 19.7. The molecule has 40 heavy (non-hydrogen) atoms. The lowest BCUT2D eigenvalue weighted by Crippen LogP contribution is -1.86. The minimum absolute atomic E-state index is 1.24. The molecule has 0 aliphatic rings. The molecule has 0 aromatic carbocycles. The van der Waals surface area contributed by atoms with E-state index in [9.17, 15) is 0 Å². The number of rotatable bonds is 28. The number of halogens is 2. The van der Waals surface area contributed by atoms with Crippen LogP contribution in [-0.2, 0) is 12.8 Å². The fourth-order valence-corrected chi connectivity index (χ4v) is 10.5. The quantitative estimate of drug-likeness (QED) is 0.0769. The van der Waals surface area contributed by atoms with E-state index in [1.807, 2.05) is 22.7 Å². The lowest BCUT2D eigenvalue weighted by Gasteiger charge is -2.03. The van der Waals surface area contributed by atoms with E-state index in [1.165, 1.54) is 187 Å². The molecule has 0 nitrogen and oxygen atoms in total. The second-order valence-corrected chi connectivity index (χ2v) is 17.0. The SMILES string of the molecule is CCCCCCCCCCCCCCCc1c(Br)sc2c(CCCCCCCCCCCCCCC)c(Br)sc12. The Bertz CT molecular complexity index is 783. The highest BCUT2D eigenvalue weighted by molar-refractivity contribution is 9.11. The van der Waals surface area contributed by atoms with Crippen LogP contribution in [0.5, 0.6) is 0 Å². The van der Waals surface area contributed by atoms with E-state index in [1.54, 1.807) is 20.5 Å². The smallest absolute Gasteiger partial charge is 0.0751 e. The second-order valence-electron chi connectivity index (χ2n) is 12.4. The summed E-state index contributed by atoms with van der Waals surface area (Å²) in [5.74, 6) is 0. The van der Waals surface area contributed by atoms with Crippen LogP contribution in [0.1, 0.15) is 192 Å². The fourth-order valence-electron chi connectivity index (χ4n) is 6.03. The third-order valence-corrected chi connectivity index (χ3v) is 12.9. The van der Waals surface area contributed by atoms with Gasteiger partial charge in [-0.15, -0.1) is 22.7 Å². The molecule has 232 valence electrons. The molecule has 2 aromatic rings. The zero-order valence-electron chi connectivity index (χ0n) is 26.4. The number of unbranched alkanes of at least 4 members (excludes halogenated alkanes) is 24. The zero-order valence-corrected chi connectivity index (χ0v) is 31.2. The van der Waals surface area contributed by atoms with E-state index in [-0.39, 0.29) is 0 Å². The normalized spacial score (nSPS) is 11.8. The number of aryl methyl sites for hydroxylation is 2. The number of hydrogen-bond acceptors (Lipinski definition) is 2.